The highest BCUT2D eigenvalue weighted by Gasteiger charge is 2.29. The van der Waals surface area contributed by atoms with Crippen LogP contribution >= 0.6 is 0 Å². The smallest absolute Gasteiger partial charge is 0.161 e. The van der Waals surface area contributed by atoms with Gasteiger partial charge in [-0.05, 0) is 25.0 Å². The lowest BCUT2D eigenvalue weighted by molar-refractivity contribution is 0.416. The molecule has 5 nitrogen and oxygen atoms in total. The minimum Gasteiger partial charge on any atom is -0.496 e. The highest BCUT2D eigenvalue weighted by atomic mass is 16.5. The number of nitrogens with two attached hydrogens (primary N) is 1. The van der Waals surface area contributed by atoms with Crippen molar-refractivity contribution in [1.82, 2.24) is 14.8 Å². The van der Waals surface area contributed by atoms with E-state index in [1.165, 1.54) is 12.8 Å². The summed E-state index contributed by atoms with van der Waals surface area (Å²) in [4.78, 5) is 4.61. The van der Waals surface area contributed by atoms with Crippen molar-refractivity contribution in [3.05, 3.63) is 24.0 Å². The van der Waals surface area contributed by atoms with E-state index in [0.29, 0.717) is 11.6 Å². The van der Waals surface area contributed by atoms with Gasteiger partial charge < -0.3 is 10.5 Å². The molecule has 3 rings (SSSR count). The fourth-order valence-corrected chi connectivity index (χ4v) is 2.05. The van der Waals surface area contributed by atoms with Gasteiger partial charge in [0.1, 0.15) is 5.75 Å². The predicted octanol–water partition coefficient (Wildman–Crippen LogP) is 1.95. The fourth-order valence-electron chi connectivity index (χ4n) is 2.05. The molecule has 0 spiro atoms. The SMILES string of the molecule is COc1cc(N)ccc1-c1nc(C2CC2)nn1C. The fraction of sp³-hybridized carbons (Fsp3) is 0.385. The number of benzene rings is 1. The molecule has 1 aliphatic carbocycles. The third-order valence-electron chi connectivity index (χ3n) is 3.19. The molecule has 1 aromatic heterocycles. The van der Waals surface area contributed by atoms with E-state index in [1.54, 1.807) is 13.2 Å². The molecular formula is C13H16N4O. The van der Waals surface area contributed by atoms with Crippen LogP contribution in [-0.4, -0.2) is 21.9 Å². The third kappa shape index (κ3) is 1.81. The van der Waals surface area contributed by atoms with Crippen LogP contribution in [0.15, 0.2) is 18.2 Å². The van der Waals surface area contributed by atoms with Gasteiger partial charge in [-0.25, -0.2) is 9.67 Å². The number of methoxy groups -OCH3 is 1. The van der Waals surface area contributed by atoms with Gasteiger partial charge in [-0.2, -0.15) is 5.10 Å². The molecule has 0 unspecified atom stereocenters. The van der Waals surface area contributed by atoms with Gasteiger partial charge in [0, 0.05) is 24.7 Å². The standard InChI is InChI=1S/C13H16N4O/c1-17-13(15-12(16-17)8-3-4-8)10-6-5-9(14)7-11(10)18-2/h5-8H,3-4,14H2,1-2H3. The molecule has 0 atom stereocenters. The number of hydrogen-bond donors (Lipinski definition) is 1. The zero-order chi connectivity index (χ0) is 12.7. The van der Waals surface area contributed by atoms with E-state index in [9.17, 15) is 0 Å². The van der Waals surface area contributed by atoms with Crippen LogP contribution in [0.3, 0.4) is 0 Å². The van der Waals surface area contributed by atoms with Crippen LogP contribution < -0.4 is 10.5 Å². The first-order valence-corrected chi connectivity index (χ1v) is 6.04. The van der Waals surface area contributed by atoms with Crippen LogP contribution in [0.4, 0.5) is 5.69 Å². The van der Waals surface area contributed by atoms with Crippen molar-refractivity contribution in [1.29, 1.82) is 0 Å². The summed E-state index contributed by atoms with van der Waals surface area (Å²) >= 11 is 0. The van der Waals surface area contributed by atoms with Gasteiger partial charge in [0.05, 0.1) is 12.7 Å². The predicted molar refractivity (Wildman–Crippen MR) is 69.4 cm³/mol. The quantitative estimate of drug-likeness (QED) is 0.838. The number of anilines is 1. The van der Waals surface area contributed by atoms with Crippen molar-refractivity contribution in [3.63, 3.8) is 0 Å². The molecule has 1 heterocycles. The molecule has 0 radical (unpaired) electrons. The number of nitrogen functional groups attached to an aromatic ring is 1. The molecule has 5 heteroatoms. The molecule has 2 N–H and O–H groups in total. The summed E-state index contributed by atoms with van der Waals surface area (Å²) in [5.41, 5.74) is 7.37. The number of aromatic nitrogens is 3. The first-order valence-electron chi connectivity index (χ1n) is 6.04. The molecule has 1 aliphatic rings. The van der Waals surface area contributed by atoms with Crippen molar-refractivity contribution in [3.8, 4) is 17.1 Å². The van der Waals surface area contributed by atoms with Crippen LogP contribution in [0, 0.1) is 0 Å². The number of rotatable bonds is 3. The summed E-state index contributed by atoms with van der Waals surface area (Å²) in [5.74, 6) is 3.04. The molecule has 1 saturated carbocycles. The molecule has 1 fully saturated rings. The summed E-state index contributed by atoms with van der Waals surface area (Å²) in [7, 11) is 3.54. The van der Waals surface area contributed by atoms with Gasteiger partial charge in [-0.15, -0.1) is 0 Å². The van der Waals surface area contributed by atoms with Crippen molar-refractivity contribution in [2.24, 2.45) is 7.05 Å². The molecule has 18 heavy (non-hydrogen) atoms. The van der Waals surface area contributed by atoms with Crippen LogP contribution in [0.2, 0.25) is 0 Å². The Kier molecular flexibility index (Phi) is 2.47. The highest BCUT2D eigenvalue weighted by molar-refractivity contribution is 5.68. The number of nitrogens with zero attached hydrogens (tertiary/aromatic N) is 3. The van der Waals surface area contributed by atoms with E-state index >= 15 is 0 Å². The zero-order valence-corrected chi connectivity index (χ0v) is 10.6. The lowest BCUT2D eigenvalue weighted by atomic mass is 10.1. The number of hydrogen-bond acceptors (Lipinski definition) is 4. The number of ether oxygens (including phenoxy) is 1. The van der Waals surface area contributed by atoms with Crippen LogP contribution in [0.5, 0.6) is 5.75 Å². The largest absolute Gasteiger partial charge is 0.496 e. The summed E-state index contributed by atoms with van der Waals surface area (Å²) < 4.78 is 7.17. The van der Waals surface area contributed by atoms with Crippen molar-refractivity contribution in [2.75, 3.05) is 12.8 Å². The Hall–Kier alpha value is -2.04. The first-order chi connectivity index (χ1) is 8.69. The van der Waals surface area contributed by atoms with Crippen molar-refractivity contribution >= 4 is 5.69 Å². The maximum absolute atomic E-state index is 5.76. The van der Waals surface area contributed by atoms with Gasteiger partial charge in [-0.1, -0.05) is 0 Å². The topological polar surface area (TPSA) is 66.0 Å². The van der Waals surface area contributed by atoms with E-state index in [4.69, 9.17) is 10.5 Å². The molecular weight excluding hydrogens is 228 g/mol. The Balaban J connectivity index is 2.08. The molecule has 0 bridgehead atoms. The average Bonchev–Trinajstić information content (AvgIpc) is 3.13. The highest BCUT2D eigenvalue weighted by Crippen LogP contribution is 2.39. The average molecular weight is 244 g/mol. The lowest BCUT2D eigenvalue weighted by Crippen LogP contribution is -1.98. The van der Waals surface area contributed by atoms with E-state index in [0.717, 1.165) is 23.0 Å². The Morgan fingerprint density at radius 1 is 1.39 bits per heavy atom. The normalized spacial score (nSPS) is 14.8. The minimum absolute atomic E-state index is 0.546. The van der Waals surface area contributed by atoms with Gasteiger partial charge in [-0.3, -0.25) is 0 Å². The Morgan fingerprint density at radius 2 is 2.17 bits per heavy atom. The maximum Gasteiger partial charge on any atom is 0.161 e. The van der Waals surface area contributed by atoms with E-state index in [2.05, 4.69) is 10.1 Å². The van der Waals surface area contributed by atoms with Gasteiger partial charge >= 0.3 is 0 Å². The van der Waals surface area contributed by atoms with E-state index in [-0.39, 0.29) is 0 Å². The summed E-state index contributed by atoms with van der Waals surface area (Å²) in [5, 5.41) is 4.47. The van der Waals surface area contributed by atoms with Crippen LogP contribution in [-0.2, 0) is 7.05 Å². The Labute approximate surface area is 106 Å². The van der Waals surface area contributed by atoms with E-state index in [1.807, 2.05) is 23.9 Å². The maximum atomic E-state index is 5.76. The summed E-state index contributed by atoms with van der Waals surface area (Å²) in [6.45, 7) is 0. The van der Waals surface area contributed by atoms with Crippen LogP contribution in [0.25, 0.3) is 11.4 Å². The second-order valence-electron chi connectivity index (χ2n) is 4.65. The monoisotopic (exact) mass is 244 g/mol. The second-order valence-corrected chi connectivity index (χ2v) is 4.65. The van der Waals surface area contributed by atoms with Crippen molar-refractivity contribution < 1.29 is 4.74 Å². The molecule has 0 aliphatic heterocycles. The Morgan fingerprint density at radius 3 is 2.83 bits per heavy atom. The van der Waals surface area contributed by atoms with Gasteiger partial charge in [0.15, 0.2) is 11.6 Å². The summed E-state index contributed by atoms with van der Waals surface area (Å²) in [6.07, 6.45) is 2.39. The first kappa shape index (κ1) is 11.1. The third-order valence-corrected chi connectivity index (χ3v) is 3.19. The lowest BCUT2D eigenvalue weighted by Gasteiger charge is -2.08. The zero-order valence-electron chi connectivity index (χ0n) is 10.6. The summed E-state index contributed by atoms with van der Waals surface area (Å²) in [6, 6.07) is 5.58. The molecule has 1 aromatic carbocycles. The van der Waals surface area contributed by atoms with E-state index < -0.39 is 0 Å². The Bertz CT molecular complexity index is 587. The molecule has 0 amide bonds. The second kappa shape index (κ2) is 4.01. The minimum atomic E-state index is 0.546. The molecule has 0 saturated heterocycles. The van der Waals surface area contributed by atoms with Crippen molar-refractivity contribution in [2.45, 2.75) is 18.8 Å². The van der Waals surface area contributed by atoms with Gasteiger partial charge in [0.25, 0.3) is 0 Å². The number of aryl methyl sites for hydroxylation is 1. The molecule has 2 aromatic rings. The molecule has 94 valence electrons. The van der Waals surface area contributed by atoms with Crippen LogP contribution in [0.1, 0.15) is 24.6 Å². The van der Waals surface area contributed by atoms with Gasteiger partial charge in [0.2, 0.25) is 0 Å².